The van der Waals surface area contributed by atoms with Crippen LogP contribution in [0.4, 0.5) is 5.69 Å². The molecule has 2 rings (SSSR count). The van der Waals surface area contributed by atoms with Crippen LogP contribution >= 0.6 is 0 Å². The van der Waals surface area contributed by atoms with Crippen LogP contribution in [0.1, 0.15) is 0 Å². The molecule has 14 heavy (non-hydrogen) atoms. The summed E-state index contributed by atoms with van der Waals surface area (Å²) in [5.74, 6) is 0. The first kappa shape index (κ1) is 10.5. The van der Waals surface area contributed by atoms with Gasteiger partial charge in [0, 0.05) is 13.1 Å². The van der Waals surface area contributed by atoms with Crippen LogP contribution in [-0.4, -0.2) is 14.1 Å². The summed E-state index contributed by atoms with van der Waals surface area (Å²) in [6.07, 6.45) is 1.71. The number of fused-ring (bicyclic) bond motifs is 1. The zero-order valence-corrected chi connectivity index (χ0v) is 8.45. The van der Waals surface area contributed by atoms with Crippen molar-refractivity contribution in [3.63, 3.8) is 0 Å². The Morgan fingerprint density at radius 1 is 1.21 bits per heavy atom. The number of nitrogens with one attached hydrogen (secondary N) is 1. The van der Waals surface area contributed by atoms with E-state index in [9.17, 15) is 0 Å². The fraction of sp³-hybridized carbons (Fsp3) is 0.182. The molecule has 0 atom stereocenters. The fourth-order valence-corrected chi connectivity index (χ4v) is 1.17. The normalized spacial score (nSPS) is 9.07. The van der Waals surface area contributed by atoms with Gasteiger partial charge in [-0.3, -0.25) is 0 Å². The number of benzene rings is 1. The van der Waals surface area contributed by atoms with Gasteiger partial charge in [-0.1, -0.05) is 12.1 Å². The van der Waals surface area contributed by atoms with Crippen molar-refractivity contribution in [1.82, 2.24) is 0 Å². The molecule has 0 aliphatic heterocycles. The molecule has 3 heteroatoms. The van der Waals surface area contributed by atoms with Crippen LogP contribution in [0.3, 0.4) is 0 Å². The summed E-state index contributed by atoms with van der Waals surface area (Å²) in [5.41, 5.74) is 6.41. The summed E-state index contributed by atoms with van der Waals surface area (Å²) in [4.78, 5) is 0. The topological polar surface area (TPSA) is 49.3 Å². The van der Waals surface area contributed by atoms with Crippen LogP contribution in [0.15, 0.2) is 41.0 Å². The fourth-order valence-electron chi connectivity index (χ4n) is 1.17. The third-order valence-corrected chi connectivity index (χ3v) is 1.83. The molecule has 0 bridgehead atoms. The van der Waals surface area contributed by atoms with E-state index >= 15 is 0 Å². The number of rotatable bonds is 1. The molecule has 0 spiro atoms. The maximum atomic E-state index is 5.37. The molecule has 3 N–H and O–H groups in total. The standard InChI is InChI=1S/C10H10NO.CH5N/c1-11-9-6-8-4-2-3-5-10(8)12-7-9;1-2/h2-7,11H,1H3;2H2,1H3/q+1;. The number of hydrogen-bond acceptors (Lipinski definition) is 2. The number of nitrogens with two attached hydrogens (primary N) is 1. The molecule has 0 saturated heterocycles. The van der Waals surface area contributed by atoms with Gasteiger partial charge in [0.25, 0.3) is 0 Å². The lowest BCUT2D eigenvalue weighted by Gasteiger charge is -1.92. The molecule has 0 aliphatic rings. The van der Waals surface area contributed by atoms with Crippen molar-refractivity contribution in [1.29, 1.82) is 0 Å². The number of para-hydroxylation sites is 1. The van der Waals surface area contributed by atoms with Gasteiger partial charge in [0.05, 0.1) is 5.39 Å². The van der Waals surface area contributed by atoms with Gasteiger partial charge in [0.15, 0.2) is 0 Å². The predicted octanol–water partition coefficient (Wildman–Crippen LogP) is 2.33. The van der Waals surface area contributed by atoms with Crippen LogP contribution in [0.5, 0.6) is 0 Å². The summed E-state index contributed by atoms with van der Waals surface area (Å²) < 4.78 is 5.37. The van der Waals surface area contributed by atoms with Crippen LogP contribution in [0.2, 0.25) is 0 Å². The van der Waals surface area contributed by atoms with Crippen molar-refractivity contribution in [3.8, 4) is 0 Å². The lowest BCUT2D eigenvalue weighted by Crippen LogP contribution is -1.86. The van der Waals surface area contributed by atoms with Gasteiger partial charge in [-0.25, -0.2) is 4.42 Å². The van der Waals surface area contributed by atoms with E-state index in [0.29, 0.717) is 0 Å². The van der Waals surface area contributed by atoms with E-state index in [0.717, 1.165) is 16.7 Å². The Balaban J connectivity index is 0.000000461. The second-order valence-corrected chi connectivity index (χ2v) is 2.62. The molecule has 0 unspecified atom stereocenters. The lowest BCUT2D eigenvalue weighted by molar-refractivity contribution is 0.606. The van der Waals surface area contributed by atoms with E-state index in [1.54, 1.807) is 6.26 Å². The van der Waals surface area contributed by atoms with Crippen LogP contribution in [0, 0.1) is 0 Å². The first-order valence-electron chi connectivity index (χ1n) is 4.46. The van der Waals surface area contributed by atoms with E-state index in [1.807, 2.05) is 31.3 Å². The summed E-state index contributed by atoms with van der Waals surface area (Å²) >= 11 is 0. The first-order valence-corrected chi connectivity index (χ1v) is 4.46. The SMILES string of the molecule is CN.CNc1c[o+]c2ccccc2c1. The average molecular weight is 191 g/mol. The highest BCUT2D eigenvalue weighted by atomic mass is 16.3. The van der Waals surface area contributed by atoms with E-state index in [-0.39, 0.29) is 0 Å². The monoisotopic (exact) mass is 191 g/mol. The Hall–Kier alpha value is -1.61. The van der Waals surface area contributed by atoms with E-state index in [4.69, 9.17) is 4.42 Å². The minimum absolute atomic E-state index is 0.913. The van der Waals surface area contributed by atoms with Crippen LogP contribution < -0.4 is 11.1 Å². The van der Waals surface area contributed by atoms with E-state index in [2.05, 4.69) is 17.1 Å². The lowest BCUT2D eigenvalue weighted by atomic mass is 10.2. The Kier molecular flexibility index (Phi) is 3.88. The molecule has 2 aromatic rings. The molecule has 74 valence electrons. The van der Waals surface area contributed by atoms with Crippen molar-refractivity contribution in [3.05, 3.63) is 36.6 Å². The molecule has 1 aromatic heterocycles. The maximum absolute atomic E-state index is 5.37. The molecular formula is C11H15N2O+. The largest absolute Gasteiger partial charge is 0.381 e. The highest BCUT2D eigenvalue weighted by Gasteiger charge is 2.04. The zero-order chi connectivity index (χ0) is 10.4. The molecule has 0 saturated carbocycles. The molecule has 1 heterocycles. The van der Waals surface area contributed by atoms with Gasteiger partial charge >= 0.3 is 11.8 Å². The third-order valence-electron chi connectivity index (χ3n) is 1.83. The second-order valence-electron chi connectivity index (χ2n) is 2.62. The van der Waals surface area contributed by atoms with E-state index < -0.39 is 0 Å². The summed E-state index contributed by atoms with van der Waals surface area (Å²) in [6.45, 7) is 0. The average Bonchev–Trinajstić information content (AvgIpc) is 2.31. The quantitative estimate of drug-likeness (QED) is 0.680. The highest BCUT2D eigenvalue weighted by Crippen LogP contribution is 2.17. The van der Waals surface area contributed by atoms with Gasteiger partial charge in [0.1, 0.15) is 5.69 Å². The van der Waals surface area contributed by atoms with Gasteiger partial charge in [0.2, 0.25) is 0 Å². The Morgan fingerprint density at radius 3 is 2.64 bits per heavy atom. The van der Waals surface area contributed by atoms with Crippen molar-refractivity contribution in [2.75, 3.05) is 19.4 Å². The molecule has 3 nitrogen and oxygen atoms in total. The van der Waals surface area contributed by atoms with Gasteiger partial charge < -0.3 is 11.1 Å². The molecule has 0 amide bonds. The Morgan fingerprint density at radius 2 is 1.93 bits per heavy atom. The van der Waals surface area contributed by atoms with Crippen molar-refractivity contribution >= 4 is 16.7 Å². The van der Waals surface area contributed by atoms with Gasteiger partial charge in [-0.15, -0.1) is 0 Å². The van der Waals surface area contributed by atoms with Crippen molar-refractivity contribution in [2.24, 2.45) is 5.73 Å². The molecule has 0 fully saturated rings. The minimum atomic E-state index is 0.913. The van der Waals surface area contributed by atoms with Crippen molar-refractivity contribution in [2.45, 2.75) is 0 Å². The van der Waals surface area contributed by atoms with Gasteiger partial charge in [-0.05, 0) is 19.2 Å². The third kappa shape index (κ3) is 2.20. The van der Waals surface area contributed by atoms with E-state index in [1.165, 1.54) is 7.05 Å². The summed E-state index contributed by atoms with van der Waals surface area (Å²) in [5, 5.41) is 4.14. The highest BCUT2D eigenvalue weighted by molar-refractivity contribution is 5.79. The van der Waals surface area contributed by atoms with Crippen LogP contribution in [-0.2, 0) is 0 Å². The minimum Gasteiger partial charge on any atom is -0.381 e. The van der Waals surface area contributed by atoms with Crippen LogP contribution in [0.25, 0.3) is 11.0 Å². The first-order chi connectivity index (χ1) is 6.90. The predicted molar refractivity (Wildman–Crippen MR) is 60.3 cm³/mol. The second kappa shape index (κ2) is 5.19. The maximum Gasteiger partial charge on any atom is 0.359 e. The molecule has 0 radical (unpaired) electrons. The van der Waals surface area contributed by atoms with Crippen molar-refractivity contribution < 1.29 is 4.42 Å². The zero-order valence-electron chi connectivity index (χ0n) is 8.45. The summed E-state index contributed by atoms with van der Waals surface area (Å²) in [7, 11) is 3.37. The Labute approximate surface area is 83.5 Å². The summed E-state index contributed by atoms with van der Waals surface area (Å²) in [6, 6.07) is 10.00. The number of hydrogen-bond donors (Lipinski definition) is 2. The molecule has 1 aromatic carbocycles. The molecular weight excluding hydrogens is 176 g/mol. The Bertz CT molecular complexity index is 401. The smallest absolute Gasteiger partial charge is 0.359 e. The molecule has 0 aliphatic carbocycles. The van der Waals surface area contributed by atoms with Gasteiger partial charge in [-0.2, -0.15) is 0 Å². The number of anilines is 1.